The number of unbranched alkanes of at least 4 members (excludes halogenated alkanes) is 3. The molecule has 4 nitrogen and oxygen atoms in total. The van der Waals surface area contributed by atoms with E-state index in [4.69, 9.17) is 13.0 Å². The number of halogens is 3. The number of alkyl halides is 3. The van der Waals surface area contributed by atoms with Crippen molar-refractivity contribution >= 4 is 38.6 Å². The van der Waals surface area contributed by atoms with Gasteiger partial charge in [0.25, 0.3) is 0 Å². The Morgan fingerprint density at radius 2 is 1.70 bits per heavy atom. The van der Waals surface area contributed by atoms with E-state index in [2.05, 4.69) is 6.92 Å². The molecule has 0 radical (unpaired) electrons. The van der Waals surface area contributed by atoms with E-state index in [1.165, 1.54) is 42.3 Å². The topological polar surface area (TPSA) is 74.3 Å². The second-order valence-electron chi connectivity index (χ2n) is 5.03. The first-order valence-corrected chi connectivity index (χ1v) is 11.6. The molecule has 0 amide bonds. The fraction of sp³-hybridized carbons (Fsp3) is 0.923. The first-order chi connectivity index (χ1) is 10.6. The van der Waals surface area contributed by atoms with Gasteiger partial charge in [0.05, 0.1) is 0 Å². The molecule has 0 atom stereocenters. The first-order valence-electron chi connectivity index (χ1n) is 7.33. The van der Waals surface area contributed by atoms with Crippen LogP contribution in [0.4, 0.5) is 13.2 Å². The van der Waals surface area contributed by atoms with Gasteiger partial charge in [0, 0.05) is 17.9 Å². The number of hydrogen-bond donors (Lipinski definition) is 0. The van der Waals surface area contributed by atoms with E-state index >= 15 is 0 Å². The molecule has 0 aromatic carbocycles. The summed E-state index contributed by atoms with van der Waals surface area (Å²) >= 11 is 2.05. The summed E-state index contributed by atoms with van der Waals surface area (Å²) in [7, 11) is -5.64. The van der Waals surface area contributed by atoms with Gasteiger partial charge in [-0.05, 0) is 17.3 Å². The van der Waals surface area contributed by atoms with E-state index < -0.39 is 15.6 Å². The molecule has 138 valence electrons. The van der Waals surface area contributed by atoms with Crippen molar-refractivity contribution in [3.8, 4) is 0 Å². The Bertz CT molecular complexity index is 432. The lowest BCUT2D eigenvalue weighted by Crippen LogP contribution is -2.27. The van der Waals surface area contributed by atoms with Crippen LogP contribution in [0.25, 0.3) is 0 Å². The van der Waals surface area contributed by atoms with E-state index in [1.807, 2.05) is 11.8 Å². The van der Waals surface area contributed by atoms with Crippen LogP contribution in [0, 0.1) is 0 Å². The summed E-state index contributed by atoms with van der Waals surface area (Å²) in [6, 6.07) is 0. The minimum absolute atomic E-state index is 0.448. The quantitative estimate of drug-likeness (QED) is 0.286. The molecule has 0 aliphatic carbocycles. The van der Waals surface area contributed by atoms with Gasteiger partial charge in [0.15, 0.2) is 21.7 Å². The largest absolute Gasteiger partial charge is 0.741 e. The van der Waals surface area contributed by atoms with Gasteiger partial charge in [-0.2, -0.15) is 24.9 Å². The van der Waals surface area contributed by atoms with Crippen molar-refractivity contribution in [3.63, 3.8) is 0 Å². The van der Waals surface area contributed by atoms with Crippen LogP contribution in [0.2, 0.25) is 0 Å². The number of hydrogen-bond acceptors (Lipinski definition) is 5. The zero-order valence-corrected chi connectivity index (χ0v) is 15.5. The van der Waals surface area contributed by atoms with E-state index in [0.717, 1.165) is 18.6 Å². The van der Waals surface area contributed by atoms with Crippen LogP contribution >= 0.6 is 11.8 Å². The number of carbonyl (C=O) groups is 1. The molecule has 0 unspecified atom stereocenters. The molecular weight excluding hydrogens is 373 g/mol. The molecule has 1 fully saturated rings. The van der Waals surface area contributed by atoms with Crippen molar-refractivity contribution in [3.05, 3.63) is 0 Å². The minimum Gasteiger partial charge on any atom is -0.741 e. The van der Waals surface area contributed by atoms with Gasteiger partial charge in [-0.1, -0.05) is 26.2 Å². The van der Waals surface area contributed by atoms with Crippen molar-refractivity contribution in [2.24, 2.45) is 0 Å². The summed E-state index contributed by atoms with van der Waals surface area (Å²) in [5, 5.41) is 0. The van der Waals surface area contributed by atoms with Gasteiger partial charge in [0.1, 0.15) is 11.5 Å². The standard InChI is InChI=1S/C12H23OS2.CHF3O3S/c1-2-3-4-5-6-12(13)11-15-9-7-14-8-10-15;2-1(3,4)8(5,6)7/h2-11H2,1H3;(H,5,6,7)/q+1;/p-1. The van der Waals surface area contributed by atoms with Gasteiger partial charge < -0.3 is 4.55 Å². The monoisotopic (exact) mass is 396 g/mol. The smallest absolute Gasteiger partial charge is 0.485 e. The van der Waals surface area contributed by atoms with Gasteiger partial charge in [-0.25, -0.2) is 8.42 Å². The van der Waals surface area contributed by atoms with Crippen LogP contribution in [0.15, 0.2) is 0 Å². The Morgan fingerprint density at radius 1 is 1.17 bits per heavy atom. The molecule has 1 saturated heterocycles. The van der Waals surface area contributed by atoms with E-state index in [-0.39, 0.29) is 0 Å². The molecule has 0 aromatic rings. The fourth-order valence-electron chi connectivity index (χ4n) is 1.75. The van der Waals surface area contributed by atoms with Gasteiger partial charge in [-0.15, -0.1) is 0 Å². The molecule has 1 aliphatic rings. The molecule has 1 aliphatic heterocycles. The predicted octanol–water partition coefficient (Wildman–Crippen LogP) is 2.94. The highest BCUT2D eigenvalue weighted by molar-refractivity contribution is 8.05. The molecule has 0 bridgehead atoms. The number of ketones is 1. The lowest BCUT2D eigenvalue weighted by atomic mass is 10.1. The Kier molecular flexibility index (Phi) is 11.6. The summed E-state index contributed by atoms with van der Waals surface area (Å²) in [6.45, 7) is 2.21. The van der Waals surface area contributed by atoms with Crippen molar-refractivity contribution < 1.29 is 30.9 Å². The molecule has 0 aromatic heterocycles. The third-order valence-electron chi connectivity index (χ3n) is 2.99. The number of Topliss-reactive ketones (excluding diaryl/α,β-unsaturated/α-hetero) is 1. The van der Waals surface area contributed by atoms with Crippen LogP contribution < -0.4 is 0 Å². The molecule has 0 N–H and O–H groups in total. The number of carbonyl (C=O) groups excluding carboxylic acids is 1. The average Bonchev–Trinajstić information content (AvgIpc) is 2.43. The highest BCUT2D eigenvalue weighted by Gasteiger charge is 2.36. The highest BCUT2D eigenvalue weighted by atomic mass is 32.2. The molecule has 10 heteroatoms. The molecule has 23 heavy (non-hydrogen) atoms. The Labute approximate surface area is 143 Å². The summed E-state index contributed by atoms with van der Waals surface area (Å²) in [5.74, 6) is 6.59. The highest BCUT2D eigenvalue weighted by Crippen LogP contribution is 2.20. The predicted molar refractivity (Wildman–Crippen MR) is 88.8 cm³/mol. The van der Waals surface area contributed by atoms with Crippen molar-refractivity contribution in [1.29, 1.82) is 0 Å². The summed E-state index contributed by atoms with van der Waals surface area (Å²) < 4.78 is 58.9. The molecular formula is C13H23F3O4S3. The maximum absolute atomic E-state index is 11.7. The van der Waals surface area contributed by atoms with Crippen LogP contribution in [0.5, 0.6) is 0 Å². The third kappa shape index (κ3) is 12.1. The second-order valence-corrected chi connectivity index (χ2v) is 9.95. The Balaban J connectivity index is 0.000000515. The van der Waals surface area contributed by atoms with Crippen LogP contribution in [-0.4, -0.2) is 53.0 Å². The minimum atomic E-state index is -6.09. The summed E-state index contributed by atoms with van der Waals surface area (Å²) in [4.78, 5) is 11.7. The maximum Gasteiger partial charge on any atom is 0.485 e. The van der Waals surface area contributed by atoms with Crippen LogP contribution in [0.3, 0.4) is 0 Å². The van der Waals surface area contributed by atoms with E-state index in [1.54, 1.807) is 0 Å². The molecule has 1 rings (SSSR count). The van der Waals surface area contributed by atoms with Gasteiger partial charge >= 0.3 is 5.51 Å². The molecule has 0 saturated carbocycles. The number of rotatable bonds is 7. The normalized spacial score (nSPS) is 16.6. The third-order valence-corrected chi connectivity index (χ3v) is 7.35. The fourth-order valence-corrected chi connectivity index (χ4v) is 5.88. The van der Waals surface area contributed by atoms with Crippen molar-refractivity contribution in [2.45, 2.75) is 44.5 Å². The summed E-state index contributed by atoms with van der Waals surface area (Å²) in [5.41, 5.74) is -5.65. The van der Waals surface area contributed by atoms with Gasteiger partial charge in [-0.3, -0.25) is 4.79 Å². The van der Waals surface area contributed by atoms with Crippen molar-refractivity contribution in [2.75, 3.05) is 28.8 Å². The second kappa shape index (κ2) is 11.6. The summed E-state index contributed by atoms with van der Waals surface area (Å²) in [6.07, 6.45) is 5.76. The Morgan fingerprint density at radius 3 is 2.13 bits per heavy atom. The number of thioether (sulfide) groups is 1. The molecule has 0 spiro atoms. The van der Waals surface area contributed by atoms with Crippen LogP contribution in [0.1, 0.15) is 39.0 Å². The average molecular weight is 397 g/mol. The zero-order chi connectivity index (χ0) is 17.9. The molecule has 1 heterocycles. The van der Waals surface area contributed by atoms with Gasteiger partial charge in [0.2, 0.25) is 0 Å². The van der Waals surface area contributed by atoms with E-state index in [0.29, 0.717) is 16.7 Å². The van der Waals surface area contributed by atoms with E-state index in [9.17, 15) is 18.0 Å². The SMILES string of the molecule is CCCCCCC(=O)C[S+]1CCSCC1.O=S(=O)([O-])C(F)(F)F. The first kappa shape index (κ1) is 23.1. The van der Waals surface area contributed by atoms with Crippen molar-refractivity contribution in [1.82, 2.24) is 0 Å². The lowest BCUT2D eigenvalue weighted by molar-refractivity contribution is -0.116. The zero-order valence-electron chi connectivity index (χ0n) is 13.1. The maximum atomic E-state index is 11.7. The Hall–Kier alpha value is 0.0700. The lowest BCUT2D eigenvalue weighted by Gasteiger charge is -2.12. The van der Waals surface area contributed by atoms with Crippen LogP contribution in [-0.2, 0) is 25.8 Å².